The first kappa shape index (κ1) is 23.1. The molecule has 1 fully saturated rings. The molecular formula is C30H40O2. The Morgan fingerprint density at radius 3 is 2.41 bits per heavy atom. The molecule has 0 N–H and O–H groups in total. The third-order valence-corrected chi connectivity index (χ3v) is 7.97. The van der Waals surface area contributed by atoms with E-state index in [0.29, 0.717) is 5.92 Å². The molecule has 2 unspecified atom stereocenters. The van der Waals surface area contributed by atoms with Gasteiger partial charge in [-0.1, -0.05) is 82.9 Å². The number of carbonyl (C=O) groups excluding carboxylic acids is 1. The van der Waals surface area contributed by atoms with E-state index in [9.17, 15) is 4.79 Å². The standard InChI is InChI=1S/C30H40O2/c1-4-6-8-22-9-12-25(13-10-22)26-17-15-24(16-18-26)21(3)28-20-27-14-11-23(7-5-2)19-29(27)32-30(28)31/h11,14-19,21-22,25,28H,4-10,12-13,20H2,1-3H3. The highest BCUT2D eigenvalue weighted by Gasteiger charge is 2.33. The smallest absolute Gasteiger partial charge is 0.315 e. The second-order valence-electron chi connectivity index (χ2n) is 10.2. The summed E-state index contributed by atoms with van der Waals surface area (Å²) in [5.74, 6) is 2.40. The van der Waals surface area contributed by atoms with Crippen LogP contribution >= 0.6 is 0 Å². The second kappa shape index (κ2) is 10.7. The number of fused-ring (bicyclic) bond motifs is 1. The number of benzene rings is 2. The van der Waals surface area contributed by atoms with Crippen molar-refractivity contribution in [2.75, 3.05) is 0 Å². The van der Waals surface area contributed by atoms with Crippen LogP contribution in [0.25, 0.3) is 0 Å². The van der Waals surface area contributed by atoms with E-state index >= 15 is 0 Å². The van der Waals surface area contributed by atoms with Crippen LogP contribution in [-0.2, 0) is 17.6 Å². The largest absolute Gasteiger partial charge is 0.426 e. The molecule has 0 bridgehead atoms. The molecule has 4 rings (SSSR count). The number of ether oxygens (including phenoxy) is 1. The van der Waals surface area contributed by atoms with Crippen molar-refractivity contribution in [2.24, 2.45) is 11.8 Å². The highest BCUT2D eigenvalue weighted by molar-refractivity contribution is 5.79. The van der Waals surface area contributed by atoms with E-state index in [-0.39, 0.29) is 17.8 Å². The lowest BCUT2D eigenvalue weighted by Crippen LogP contribution is -2.31. The van der Waals surface area contributed by atoms with Crippen molar-refractivity contribution in [2.45, 2.75) is 96.8 Å². The third kappa shape index (κ3) is 5.27. The highest BCUT2D eigenvalue weighted by Crippen LogP contribution is 2.39. The Labute approximate surface area is 194 Å². The van der Waals surface area contributed by atoms with Crippen LogP contribution in [0.1, 0.15) is 106 Å². The zero-order valence-electron chi connectivity index (χ0n) is 20.2. The van der Waals surface area contributed by atoms with E-state index in [4.69, 9.17) is 4.74 Å². The molecule has 0 radical (unpaired) electrons. The van der Waals surface area contributed by atoms with Crippen molar-refractivity contribution >= 4 is 5.97 Å². The molecule has 2 aromatic carbocycles. The van der Waals surface area contributed by atoms with Crippen LogP contribution in [0.2, 0.25) is 0 Å². The van der Waals surface area contributed by atoms with Gasteiger partial charge in [0.1, 0.15) is 5.75 Å². The van der Waals surface area contributed by atoms with E-state index in [1.54, 1.807) is 0 Å². The summed E-state index contributed by atoms with van der Waals surface area (Å²) in [6.07, 6.45) is 12.4. The molecule has 1 aliphatic heterocycles. The molecule has 0 aromatic heterocycles. The number of hydrogen-bond acceptors (Lipinski definition) is 2. The lowest BCUT2D eigenvalue weighted by Gasteiger charge is -2.30. The molecule has 2 nitrogen and oxygen atoms in total. The lowest BCUT2D eigenvalue weighted by atomic mass is 9.76. The van der Waals surface area contributed by atoms with Crippen molar-refractivity contribution < 1.29 is 9.53 Å². The van der Waals surface area contributed by atoms with Crippen molar-refractivity contribution in [3.05, 3.63) is 64.7 Å². The van der Waals surface area contributed by atoms with Gasteiger partial charge >= 0.3 is 5.97 Å². The number of esters is 1. The van der Waals surface area contributed by atoms with E-state index in [1.165, 1.54) is 61.6 Å². The fourth-order valence-corrected chi connectivity index (χ4v) is 5.77. The van der Waals surface area contributed by atoms with Crippen molar-refractivity contribution in [1.82, 2.24) is 0 Å². The Hall–Kier alpha value is -2.09. The van der Waals surface area contributed by atoms with Gasteiger partial charge in [-0.2, -0.15) is 0 Å². The van der Waals surface area contributed by atoms with E-state index < -0.39 is 0 Å². The number of hydrogen-bond donors (Lipinski definition) is 0. The van der Waals surface area contributed by atoms with Crippen molar-refractivity contribution in [1.29, 1.82) is 0 Å². The zero-order valence-corrected chi connectivity index (χ0v) is 20.2. The van der Waals surface area contributed by atoms with Gasteiger partial charge in [0.25, 0.3) is 0 Å². The summed E-state index contributed by atoms with van der Waals surface area (Å²) >= 11 is 0. The van der Waals surface area contributed by atoms with Gasteiger partial charge in [-0.05, 0) is 84.6 Å². The van der Waals surface area contributed by atoms with Crippen LogP contribution in [0.5, 0.6) is 5.75 Å². The molecule has 32 heavy (non-hydrogen) atoms. The van der Waals surface area contributed by atoms with Gasteiger partial charge in [-0.25, -0.2) is 0 Å². The van der Waals surface area contributed by atoms with E-state index in [1.807, 2.05) is 0 Å². The average Bonchev–Trinajstić information content (AvgIpc) is 2.82. The molecule has 2 heteroatoms. The highest BCUT2D eigenvalue weighted by atomic mass is 16.5. The summed E-state index contributed by atoms with van der Waals surface area (Å²) in [5.41, 5.74) is 5.14. The monoisotopic (exact) mass is 432 g/mol. The SMILES string of the molecule is CCCCC1CCC(c2ccc(C(C)C3Cc4ccc(CCC)cc4OC3=O)cc2)CC1. The number of carbonyl (C=O) groups is 1. The fourth-order valence-electron chi connectivity index (χ4n) is 5.77. The molecule has 2 aliphatic rings. The molecule has 1 aliphatic carbocycles. The minimum atomic E-state index is -0.112. The maximum absolute atomic E-state index is 12.8. The zero-order chi connectivity index (χ0) is 22.5. The Balaban J connectivity index is 1.38. The number of unbranched alkanes of at least 4 members (excludes halogenated alkanes) is 1. The van der Waals surface area contributed by atoms with Gasteiger partial charge in [0.05, 0.1) is 5.92 Å². The number of aryl methyl sites for hydroxylation is 1. The van der Waals surface area contributed by atoms with E-state index in [2.05, 4.69) is 63.2 Å². The predicted molar refractivity (Wildman–Crippen MR) is 132 cm³/mol. The summed E-state index contributed by atoms with van der Waals surface area (Å²) in [7, 11) is 0. The van der Waals surface area contributed by atoms with Gasteiger partial charge < -0.3 is 4.74 Å². The van der Waals surface area contributed by atoms with Crippen LogP contribution in [-0.4, -0.2) is 5.97 Å². The van der Waals surface area contributed by atoms with Gasteiger partial charge in [-0.3, -0.25) is 4.79 Å². The van der Waals surface area contributed by atoms with E-state index in [0.717, 1.165) is 36.5 Å². The fraction of sp³-hybridized carbons (Fsp3) is 0.567. The molecule has 0 saturated heterocycles. The van der Waals surface area contributed by atoms with Crippen molar-refractivity contribution in [3.8, 4) is 5.75 Å². The molecule has 1 saturated carbocycles. The maximum Gasteiger partial charge on any atom is 0.315 e. The molecular weight excluding hydrogens is 392 g/mol. The predicted octanol–water partition coefficient (Wildman–Crippen LogP) is 7.98. The molecule has 1 heterocycles. The summed E-state index contributed by atoms with van der Waals surface area (Å²) < 4.78 is 5.79. The Morgan fingerprint density at radius 1 is 0.969 bits per heavy atom. The second-order valence-corrected chi connectivity index (χ2v) is 10.2. The average molecular weight is 433 g/mol. The quantitative estimate of drug-likeness (QED) is 0.312. The molecule has 2 atom stereocenters. The van der Waals surface area contributed by atoms with Crippen LogP contribution in [0.3, 0.4) is 0 Å². The Kier molecular flexibility index (Phi) is 7.71. The van der Waals surface area contributed by atoms with Gasteiger partial charge in [0.15, 0.2) is 0 Å². The minimum absolute atomic E-state index is 0.0758. The molecule has 0 amide bonds. The summed E-state index contributed by atoms with van der Waals surface area (Å²) in [5, 5.41) is 0. The summed E-state index contributed by atoms with van der Waals surface area (Å²) in [6.45, 7) is 6.65. The first-order valence-corrected chi connectivity index (χ1v) is 13.0. The molecule has 172 valence electrons. The van der Waals surface area contributed by atoms with Crippen LogP contribution < -0.4 is 4.74 Å². The van der Waals surface area contributed by atoms with Crippen LogP contribution in [0.15, 0.2) is 42.5 Å². The minimum Gasteiger partial charge on any atom is -0.426 e. The first-order chi connectivity index (χ1) is 15.6. The maximum atomic E-state index is 12.8. The van der Waals surface area contributed by atoms with Crippen molar-refractivity contribution in [3.63, 3.8) is 0 Å². The first-order valence-electron chi connectivity index (χ1n) is 13.0. The van der Waals surface area contributed by atoms with Gasteiger partial charge in [0, 0.05) is 0 Å². The Bertz CT molecular complexity index is 890. The normalized spacial score (nSPS) is 24.0. The molecule has 2 aromatic rings. The summed E-state index contributed by atoms with van der Waals surface area (Å²) in [4.78, 5) is 12.8. The lowest BCUT2D eigenvalue weighted by molar-refractivity contribution is -0.140. The van der Waals surface area contributed by atoms with Crippen LogP contribution in [0.4, 0.5) is 0 Å². The van der Waals surface area contributed by atoms with Gasteiger partial charge in [0.2, 0.25) is 0 Å². The molecule has 0 spiro atoms. The Morgan fingerprint density at radius 2 is 1.72 bits per heavy atom. The van der Waals surface area contributed by atoms with Gasteiger partial charge in [-0.15, -0.1) is 0 Å². The third-order valence-electron chi connectivity index (χ3n) is 7.97. The summed E-state index contributed by atoms with van der Waals surface area (Å²) in [6, 6.07) is 15.6. The van der Waals surface area contributed by atoms with Crippen LogP contribution in [0, 0.1) is 11.8 Å². The number of rotatable bonds is 8. The topological polar surface area (TPSA) is 26.3 Å².